The van der Waals surface area contributed by atoms with E-state index >= 15 is 0 Å². The molecule has 0 aliphatic heterocycles. The van der Waals surface area contributed by atoms with Gasteiger partial charge in [-0.05, 0) is 71.8 Å². The first-order valence-electron chi connectivity index (χ1n) is 5.66. The zero-order valence-corrected chi connectivity index (χ0v) is 13.3. The van der Waals surface area contributed by atoms with E-state index in [1.54, 1.807) is 38.1 Å². The van der Waals surface area contributed by atoms with E-state index in [1.807, 2.05) is 22.6 Å². The molecule has 2 rings (SSSR count). The number of carbonyl (C=O) groups is 1. The fourth-order valence-electron chi connectivity index (χ4n) is 2.01. The molecule has 0 bridgehead atoms. The number of ketones is 1. The monoisotopic (exact) mass is 388 g/mol. The van der Waals surface area contributed by atoms with E-state index in [0.717, 1.165) is 9.13 Å². The molecule has 0 aromatic heterocycles. The summed E-state index contributed by atoms with van der Waals surface area (Å²) in [5.74, 6) is -0.819. The largest absolute Gasteiger partial charge is 0.288 e. The van der Waals surface area contributed by atoms with Crippen molar-refractivity contribution in [2.24, 2.45) is 0 Å². The van der Waals surface area contributed by atoms with Gasteiger partial charge in [-0.1, -0.05) is 17.7 Å². The lowest BCUT2D eigenvalue weighted by Gasteiger charge is -2.09. The van der Waals surface area contributed by atoms with Gasteiger partial charge in [0.15, 0.2) is 5.78 Å². The molecule has 0 saturated carbocycles. The van der Waals surface area contributed by atoms with Crippen molar-refractivity contribution in [2.75, 3.05) is 0 Å². The first-order chi connectivity index (χ1) is 8.90. The Bertz CT molecular complexity index is 644. The molecule has 2 aromatic rings. The molecule has 0 spiro atoms. The van der Waals surface area contributed by atoms with Gasteiger partial charge in [0, 0.05) is 14.2 Å². The molecule has 0 N–H and O–H groups in total. The van der Waals surface area contributed by atoms with E-state index in [2.05, 4.69) is 0 Å². The first kappa shape index (κ1) is 14.5. The second-order valence-corrected chi connectivity index (χ2v) is 5.99. The van der Waals surface area contributed by atoms with Crippen LogP contribution in [0.25, 0.3) is 0 Å². The van der Waals surface area contributed by atoms with E-state index < -0.39 is 5.82 Å². The van der Waals surface area contributed by atoms with Crippen LogP contribution >= 0.6 is 34.2 Å². The molecule has 98 valence electrons. The molecule has 0 atom stereocenters. The molecule has 0 saturated heterocycles. The van der Waals surface area contributed by atoms with Gasteiger partial charge in [0.05, 0.1) is 5.56 Å². The summed E-state index contributed by atoms with van der Waals surface area (Å²) in [5, 5.41) is 0.467. The molecular formula is C15H11ClFIO. The summed E-state index contributed by atoms with van der Waals surface area (Å²) in [4.78, 5) is 12.5. The topological polar surface area (TPSA) is 17.1 Å². The van der Waals surface area contributed by atoms with Crippen LogP contribution in [0.2, 0.25) is 5.02 Å². The summed E-state index contributed by atoms with van der Waals surface area (Å²) < 4.78 is 14.8. The molecule has 0 heterocycles. The lowest BCUT2D eigenvalue weighted by atomic mass is 9.97. The Morgan fingerprint density at radius 1 is 1.21 bits per heavy atom. The van der Waals surface area contributed by atoms with Crippen molar-refractivity contribution in [3.63, 3.8) is 0 Å². The molecule has 0 aliphatic carbocycles. The van der Waals surface area contributed by atoms with E-state index in [9.17, 15) is 9.18 Å². The van der Waals surface area contributed by atoms with Crippen LogP contribution in [0.5, 0.6) is 0 Å². The van der Waals surface area contributed by atoms with Crippen LogP contribution in [0.3, 0.4) is 0 Å². The average Bonchev–Trinajstić information content (AvgIpc) is 2.30. The molecule has 0 unspecified atom stereocenters. The second kappa shape index (κ2) is 5.59. The van der Waals surface area contributed by atoms with Crippen LogP contribution in [-0.4, -0.2) is 5.78 Å². The SMILES string of the molecule is Cc1cc(C)c(C(=O)c2cc(Cl)ccc2I)c(F)c1. The van der Waals surface area contributed by atoms with Crippen LogP contribution in [0, 0.1) is 23.2 Å². The molecule has 19 heavy (non-hydrogen) atoms. The van der Waals surface area contributed by atoms with Crippen molar-refractivity contribution >= 4 is 40.0 Å². The van der Waals surface area contributed by atoms with Gasteiger partial charge < -0.3 is 0 Å². The van der Waals surface area contributed by atoms with Crippen molar-refractivity contribution in [3.8, 4) is 0 Å². The first-order valence-corrected chi connectivity index (χ1v) is 7.12. The average molecular weight is 389 g/mol. The van der Waals surface area contributed by atoms with E-state index in [4.69, 9.17) is 11.6 Å². The summed E-state index contributed by atoms with van der Waals surface area (Å²) in [6.45, 7) is 3.54. The predicted molar refractivity (Wildman–Crippen MR) is 83.5 cm³/mol. The van der Waals surface area contributed by atoms with Gasteiger partial charge >= 0.3 is 0 Å². The third-order valence-corrected chi connectivity index (χ3v) is 4.01. The molecule has 1 nitrogen and oxygen atoms in total. The third-order valence-electron chi connectivity index (χ3n) is 2.83. The number of hydrogen-bond donors (Lipinski definition) is 0. The molecule has 0 aliphatic rings. The van der Waals surface area contributed by atoms with Gasteiger partial charge in [0.1, 0.15) is 5.82 Å². The van der Waals surface area contributed by atoms with E-state index in [0.29, 0.717) is 16.1 Å². The minimum Gasteiger partial charge on any atom is -0.288 e. The quantitative estimate of drug-likeness (QED) is 0.526. The highest BCUT2D eigenvalue weighted by atomic mass is 127. The number of rotatable bonds is 2. The fraction of sp³-hybridized carbons (Fsp3) is 0.133. The maximum atomic E-state index is 14.0. The smallest absolute Gasteiger partial charge is 0.197 e. The summed E-state index contributed by atoms with van der Waals surface area (Å²) in [7, 11) is 0. The van der Waals surface area contributed by atoms with Crippen molar-refractivity contribution in [1.82, 2.24) is 0 Å². The Morgan fingerprint density at radius 3 is 2.53 bits per heavy atom. The van der Waals surface area contributed by atoms with Crippen LogP contribution in [0.15, 0.2) is 30.3 Å². The summed E-state index contributed by atoms with van der Waals surface area (Å²) >= 11 is 7.95. The zero-order chi connectivity index (χ0) is 14.2. The molecule has 0 amide bonds. The number of aryl methyl sites for hydroxylation is 2. The summed E-state index contributed by atoms with van der Waals surface area (Å²) in [6.07, 6.45) is 0. The standard InChI is InChI=1S/C15H11ClFIO/c1-8-5-9(2)14(12(17)6-8)15(19)11-7-10(16)3-4-13(11)18/h3-7H,1-2H3. The van der Waals surface area contributed by atoms with Gasteiger partial charge in [0.25, 0.3) is 0 Å². The highest BCUT2D eigenvalue weighted by Gasteiger charge is 2.19. The number of hydrogen-bond acceptors (Lipinski definition) is 1. The van der Waals surface area contributed by atoms with Gasteiger partial charge in [-0.3, -0.25) is 4.79 Å². The Kier molecular flexibility index (Phi) is 4.26. The van der Waals surface area contributed by atoms with Gasteiger partial charge in [-0.2, -0.15) is 0 Å². The lowest BCUT2D eigenvalue weighted by molar-refractivity contribution is 0.103. The number of halogens is 3. The Labute approximate surface area is 129 Å². The molecule has 2 aromatic carbocycles. The van der Waals surface area contributed by atoms with Crippen LogP contribution in [-0.2, 0) is 0 Å². The minimum atomic E-state index is -0.488. The van der Waals surface area contributed by atoms with Crippen molar-refractivity contribution in [2.45, 2.75) is 13.8 Å². The fourth-order valence-corrected chi connectivity index (χ4v) is 2.76. The summed E-state index contributed by atoms with van der Waals surface area (Å²) in [6, 6.07) is 8.20. The maximum absolute atomic E-state index is 14.0. The second-order valence-electron chi connectivity index (χ2n) is 4.39. The molecule has 4 heteroatoms. The number of benzene rings is 2. The Morgan fingerprint density at radius 2 is 1.89 bits per heavy atom. The highest BCUT2D eigenvalue weighted by Crippen LogP contribution is 2.24. The van der Waals surface area contributed by atoms with Crippen LogP contribution in [0.4, 0.5) is 4.39 Å². The van der Waals surface area contributed by atoms with E-state index in [-0.39, 0.29) is 11.3 Å². The predicted octanol–water partition coefficient (Wildman–Crippen LogP) is 4.93. The van der Waals surface area contributed by atoms with Gasteiger partial charge in [0.2, 0.25) is 0 Å². The molecular weight excluding hydrogens is 378 g/mol. The van der Waals surface area contributed by atoms with Crippen molar-refractivity contribution in [3.05, 3.63) is 67.0 Å². The Hall–Kier alpha value is -0.940. The van der Waals surface area contributed by atoms with Crippen LogP contribution in [0.1, 0.15) is 27.0 Å². The molecule has 0 radical (unpaired) electrons. The normalized spacial score (nSPS) is 10.6. The van der Waals surface area contributed by atoms with Crippen molar-refractivity contribution < 1.29 is 9.18 Å². The number of carbonyl (C=O) groups excluding carboxylic acids is 1. The van der Waals surface area contributed by atoms with Gasteiger partial charge in [-0.25, -0.2) is 4.39 Å². The summed E-state index contributed by atoms with van der Waals surface area (Å²) in [5.41, 5.74) is 1.98. The third kappa shape index (κ3) is 2.98. The van der Waals surface area contributed by atoms with Crippen molar-refractivity contribution in [1.29, 1.82) is 0 Å². The van der Waals surface area contributed by atoms with Crippen LogP contribution < -0.4 is 0 Å². The minimum absolute atomic E-state index is 0.116. The molecule has 0 fully saturated rings. The van der Waals surface area contributed by atoms with Gasteiger partial charge in [-0.15, -0.1) is 0 Å². The maximum Gasteiger partial charge on any atom is 0.197 e. The Balaban J connectivity index is 2.59. The van der Waals surface area contributed by atoms with E-state index in [1.165, 1.54) is 6.07 Å². The highest BCUT2D eigenvalue weighted by molar-refractivity contribution is 14.1. The lowest BCUT2D eigenvalue weighted by Crippen LogP contribution is -2.09. The zero-order valence-electron chi connectivity index (χ0n) is 10.4.